The van der Waals surface area contributed by atoms with E-state index in [0.29, 0.717) is 10.9 Å². The standard InChI is InChI=1S/C17H20N4O3/c22-15(18-11-16(23)20-8-3-4-9-20)7-10-21-12-19-14-6-2-1-5-13(14)17(21)24/h1-2,5-6,12H,3-4,7-11H2,(H,18,22). The zero-order valence-electron chi connectivity index (χ0n) is 13.4. The molecule has 1 aromatic carbocycles. The largest absolute Gasteiger partial charge is 0.347 e. The molecule has 0 radical (unpaired) electrons. The third-order valence-electron chi connectivity index (χ3n) is 4.21. The van der Waals surface area contributed by atoms with Crippen LogP contribution in [0, 0.1) is 0 Å². The molecule has 1 saturated heterocycles. The third-order valence-corrected chi connectivity index (χ3v) is 4.21. The quantitative estimate of drug-likeness (QED) is 0.867. The molecule has 126 valence electrons. The number of likely N-dealkylation sites (tertiary alicyclic amines) is 1. The summed E-state index contributed by atoms with van der Waals surface area (Å²) in [7, 11) is 0. The van der Waals surface area contributed by atoms with Crippen LogP contribution in [0.4, 0.5) is 0 Å². The lowest BCUT2D eigenvalue weighted by Crippen LogP contribution is -2.39. The summed E-state index contributed by atoms with van der Waals surface area (Å²) in [4.78, 5) is 42.1. The van der Waals surface area contributed by atoms with Crippen LogP contribution in [-0.4, -0.2) is 45.9 Å². The monoisotopic (exact) mass is 328 g/mol. The summed E-state index contributed by atoms with van der Waals surface area (Å²) in [6.07, 6.45) is 3.63. The van der Waals surface area contributed by atoms with E-state index in [1.807, 2.05) is 6.07 Å². The van der Waals surface area contributed by atoms with E-state index in [1.165, 1.54) is 10.9 Å². The average Bonchev–Trinajstić information content (AvgIpc) is 3.14. The Hall–Kier alpha value is -2.70. The van der Waals surface area contributed by atoms with Gasteiger partial charge in [-0.1, -0.05) is 12.1 Å². The number of amides is 2. The van der Waals surface area contributed by atoms with Crippen LogP contribution in [0.1, 0.15) is 19.3 Å². The lowest BCUT2D eigenvalue weighted by molar-refractivity contribution is -0.132. The van der Waals surface area contributed by atoms with E-state index in [0.717, 1.165) is 25.9 Å². The molecule has 2 amide bonds. The number of hydrogen-bond acceptors (Lipinski definition) is 4. The molecule has 2 aromatic rings. The number of nitrogens with zero attached hydrogens (tertiary/aromatic N) is 3. The molecule has 0 aliphatic carbocycles. The fourth-order valence-electron chi connectivity index (χ4n) is 2.83. The SMILES string of the molecule is O=C(CCn1cnc2ccccc2c1=O)NCC(=O)N1CCCC1. The maximum Gasteiger partial charge on any atom is 0.261 e. The minimum absolute atomic E-state index is 0.0176. The van der Waals surface area contributed by atoms with Gasteiger partial charge in [-0.25, -0.2) is 4.98 Å². The molecule has 2 heterocycles. The van der Waals surface area contributed by atoms with Crippen LogP contribution in [0.25, 0.3) is 10.9 Å². The van der Waals surface area contributed by atoms with Gasteiger partial charge in [-0.2, -0.15) is 0 Å². The van der Waals surface area contributed by atoms with Crippen molar-refractivity contribution in [1.82, 2.24) is 19.8 Å². The molecule has 0 atom stereocenters. The molecule has 1 fully saturated rings. The molecule has 3 rings (SSSR count). The first-order valence-electron chi connectivity index (χ1n) is 8.14. The van der Waals surface area contributed by atoms with Crippen LogP contribution < -0.4 is 10.9 Å². The Labute approximate surface area is 139 Å². The van der Waals surface area contributed by atoms with E-state index in [2.05, 4.69) is 10.3 Å². The summed E-state index contributed by atoms with van der Waals surface area (Å²) in [5.41, 5.74) is 0.473. The molecule has 7 heteroatoms. The average molecular weight is 328 g/mol. The molecular weight excluding hydrogens is 308 g/mol. The maximum absolute atomic E-state index is 12.3. The lowest BCUT2D eigenvalue weighted by atomic mass is 10.2. The summed E-state index contributed by atoms with van der Waals surface area (Å²) in [5.74, 6) is -0.298. The van der Waals surface area contributed by atoms with Gasteiger partial charge in [0.2, 0.25) is 11.8 Å². The van der Waals surface area contributed by atoms with Gasteiger partial charge >= 0.3 is 0 Å². The summed E-state index contributed by atoms with van der Waals surface area (Å²) in [6.45, 7) is 1.80. The number of rotatable bonds is 5. The van der Waals surface area contributed by atoms with Gasteiger partial charge < -0.3 is 10.2 Å². The lowest BCUT2D eigenvalue weighted by Gasteiger charge is -2.15. The zero-order valence-corrected chi connectivity index (χ0v) is 13.4. The van der Waals surface area contributed by atoms with E-state index in [9.17, 15) is 14.4 Å². The smallest absolute Gasteiger partial charge is 0.261 e. The molecule has 24 heavy (non-hydrogen) atoms. The van der Waals surface area contributed by atoms with E-state index in [4.69, 9.17) is 0 Å². The second kappa shape index (κ2) is 7.25. The molecule has 1 aliphatic heterocycles. The minimum Gasteiger partial charge on any atom is -0.347 e. The summed E-state index contributed by atoms with van der Waals surface area (Å²) in [6, 6.07) is 7.10. The fourth-order valence-corrected chi connectivity index (χ4v) is 2.83. The molecule has 0 saturated carbocycles. The Morgan fingerprint density at radius 2 is 1.92 bits per heavy atom. The number of hydrogen-bond donors (Lipinski definition) is 1. The molecule has 7 nitrogen and oxygen atoms in total. The highest BCUT2D eigenvalue weighted by molar-refractivity contribution is 5.84. The highest BCUT2D eigenvalue weighted by Crippen LogP contribution is 2.07. The first kappa shape index (κ1) is 16.2. The Morgan fingerprint density at radius 3 is 2.71 bits per heavy atom. The Bertz CT molecular complexity index is 809. The van der Waals surface area contributed by atoms with E-state index in [1.54, 1.807) is 23.1 Å². The van der Waals surface area contributed by atoms with Gasteiger partial charge in [0.25, 0.3) is 5.56 Å². The van der Waals surface area contributed by atoms with Crippen molar-refractivity contribution in [3.05, 3.63) is 40.9 Å². The van der Waals surface area contributed by atoms with Crippen molar-refractivity contribution < 1.29 is 9.59 Å². The normalized spacial score (nSPS) is 14.1. The van der Waals surface area contributed by atoms with Crippen molar-refractivity contribution in [2.75, 3.05) is 19.6 Å². The molecule has 0 bridgehead atoms. The van der Waals surface area contributed by atoms with Gasteiger partial charge in [-0.3, -0.25) is 19.0 Å². The first-order chi connectivity index (χ1) is 11.6. The van der Waals surface area contributed by atoms with Crippen LogP contribution in [-0.2, 0) is 16.1 Å². The Morgan fingerprint density at radius 1 is 1.17 bits per heavy atom. The number of benzene rings is 1. The van der Waals surface area contributed by atoms with Crippen molar-refractivity contribution in [2.45, 2.75) is 25.8 Å². The number of carbonyl (C=O) groups excluding carboxylic acids is 2. The number of aromatic nitrogens is 2. The predicted octanol–water partition coefficient (Wildman–Crippen LogP) is 0.525. The number of nitrogens with one attached hydrogen (secondary N) is 1. The van der Waals surface area contributed by atoms with E-state index < -0.39 is 0 Å². The van der Waals surface area contributed by atoms with Gasteiger partial charge in [0.15, 0.2) is 0 Å². The summed E-state index contributed by atoms with van der Waals surface area (Å²) < 4.78 is 1.42. The number of aryl methyl sites for hydroxylation is 1. The van der Waals surface area contributed by atoms with Crippen LogP contribution in [0.3, 0.4) is 0 Å². The highest BCUT2D eigenvalue weighted by Gasteiger charge is 2.18. The molecule has 0 unspecified atom stereocenters. The topological polar surface area (TPSA) is 84.3 Å². The van der Waals surface area contributed by atoms with Gasteiger partial charge in [-0.15, -0.1) is 0 Å². The zero-order chi connectivity index (χ0) is 16.9. The van der Waals surface area contributed by atoms with Gasteiger partial charge in [0, 0.05) is 26.1 Å². The second-order valence-corrected chi connectivity index (χ2v) is 5.87. The highest BCUT2D eigenvalue weighted by atomic mass is 16.2. The number of fused-ring (bicyclic) bond motifs is 1. The second-order valence-electron chi connectivity index (χ2n) is 5.87. The Kier molecular flexibility index (Phi) is 4.88. The maximum atomic E-state index is 12.3. The van der Waals surface area contributed by atoms with Crippen LogP contribution in [0.15, 0.2) is 35.4 Å². The van der Waals surface area contributed by atoms with Gasteiger partial charge in [0.1, 0.15) is 0 Å². The number of carbonyl (C=O) groups is 2. The fraction of sp³-hybridized carbons (Fsp3) is 0.412. The Balaban J connectivity index is 1.53. The van der Waals surface area contributed by atoms with Crippen molar-refractivity contribution in [1.29, 1.82) is 0 Å². The summed E-state index contributed by atoms with van der Waals surface area (Å²) in [5, 5.41) is 3.15. The first-order valence-corrected chi connectivity index (χ1v) is 8.14. The van der Waals surface area contributed by atoms with Crippen LogP contribution in [0.2, 0.25) is 0 Å². The van der Waals surface area contributed by atoms with Crippen LogP contribution in [0.5, 0.6) is 0 Å². The van der Waals surface area contributed by atoms with E-state index >= 15 is 0 Å². The van der Waals surface area contributed by atoms with E-state index in [-0.39, 0.29) is 36.9 Å². The van der Waals surface area contributed by atoms with Crippen molar-refractivity contribution in [3.63, 3.8) is 0 Å². The van der Waals surface area contributed by atoms with Crippen molar-refractivity contribution in [2.24, 2.45) is 0 Å². The summed E-state index contributed by atoms with van der Waals surface area (Å²) >= 11 is 0. The molecular formula is C17H20N4O3. The third kappa shape index (κ3) is 3.61. The predicted molar refractivity (Wildman–Crippen MR) is 89.4 cm³/mol. The molecule has 1 aliphatic rings. The van der Waals surface area contributed by atoms with Gasteiger partial charge in [-0.05, 0) is 25.0 Å². The van der Waals surface area contributed by atoms with Crippen LogP contribution >= 0.6 is 0 Å². The number of para-hydroxylation sites is 1. The van der Waals surface area contributed by atoms with Gasteiger partial charge in [0.05, 0.1) is 23.8 Å². The van der Waals surface area contributed by atoms with Crippen molar-refractivity contribution in [3.8, 4) is 0 Å². The molecule has 1 aromatic heterocycles. The molecule has 0 spiro atoms. The molecule has 1 N–H and O–H groups in total. The minimum atomic E-state index is -0.248. The van der Waals surface area contributed by atoms with Crippen molar-refractivity contribution >= 4 is 22.7 Å².